The molecule has 1 fully saturated rings. The number of amides is 1. The molecule has 0 unspecified atom stereocenters. The van der Waals surface area contributed by atoms with Crippen molar-refractivity contribution >= 4 is 5.91 Å². The third-order valence-electron chi connectivity index (χ3n) is 3.23. The lowest BCUT2D eigenvalue weighted by atomic mass is 10.0. The van der Waals surface area contributed by atoms with E-state index in [0.29, 0.717) is 32.0 Å². The van der Waals surface area contributed by atoms with E-state index in [1.54, 1.807) is 12.0 Å². The van der Waals surface area contributed by atoms with E-state index >= 15 is 0 Å². The second-order valence-electron chi connectivity index (χ2n) is 4.45. The summed E-state index contributed by atoms with van der Waals surface area (Å²) in [5.74, 6) is 0.731. The molecule has 4 heteroatoms. The molecule has 1 saturated carbocycles. The Balaban J connectivity index is 2.32. The fourth-order valence-corrected chi connectivity index (χ4v) is 2.27. The van der Waals surface area contributed by atoms with Crippen LogP contribution in [0.2, 0.25) is 0 Å². The Morgan fingerprint density at radius 3 is 2.62 bits per heavy atom. The number of aliphatic hydroxyl groups excluding tert-OH is 1. The Morgan fingerprint density at radius 1 is 1.38 bits per heavy atom. The van der Waals surface area contributed by atoms with Crippen LogP contribution >= 0.6 is 0 Å². The molecule has 1 N–H and O–H groups in total. The van der Waals surface area contributed by atoms with Gasteiger partial charge in [0, 0.05) is 26.6 Å². The van der Waals surface area contributed by atoms with Gasteiger partial charge in [0.25, 0.3) is 0 Å². The summed E-state index contributed by atoms with van der Waals surface area (Å²) in [6.07, 6.45) is 5.53. The molecule has 0 radical (unpaired) electrons. The standard InChI is InChI=1S/C12H23NO3/c1-16-9-7-13(6-8-14)12(15)10-11-4-2-3-5-11/h11,14H,2-10H2,1H3. The van der Waals surface area contributed by atoms with E-state index in [1.807, 2.05) is 0 Å². The lowest BCUT2D eigenvalue weighted by Crippen LogP contribution is -2.36. The molecule has 1 aliphatic carbocycles. The highest BCUT2D eigenvalue weighted by Crippen LogP contribution is 2.27. The molecule has 1 aliphatic rings. The van der Waals surface area contributed by atoms with E-state index in [2.05, 4.69) is 0 Å². The molecule has 0 saturated heterocycles. The van der Waals surface area contributed by atoms with E-state index in [1.165, 1.54) is 25.7 Å². The predicted octanol–water partition coefficient (Wildman–Crippen LogP) is 1.03. The van der Waals surface area contributed by atoms with Crippen molar-refractivity contribution in [3.8, 4) is 0 Å². The van der Waals surface area contributed by atoms with Crippen molar-refractivity contribution in [3.05, 3.63) is 0 Å². The fraction of sp³-hybridized carbons (Fsp3) is 0.917. The summed E-state index contributed by atoms with van der Waals surface area (Å²) >= 11 is 0. The highest BCUT2D eigenvalue weighted by molar-refractivity contribution is 5.76. The van der Waals surface area contributed by atoms with Gasteiger partial charge >= 0.3 is 0 Å². The van der Waals surface area contributed by atoms with Crippen molar-refractivity contribution in [2.45, 2.75) is 32.1 Å². The quantitative estimate of drug-likeness (QED) is 0.709. The molecule has 16 heavy (non-hydrogen) atoms. The molecule has 4 nitrogen and oxygen atoms in total. The Kier molecular flexibility index (Phi) is 6.42. The van der Waals surface area contributed by atoms with Crippen LogP contribution in [0.4, 0.5) is 0 Å². The van der Waals surface area contributed by atoms with Crippen molar-refractivity contribution < 1.29 is 14.6 Å². The van der Waals surface area contributed by atoms with Crippen molar-refractivity contribution in [1.29, 1.82) is 0 Å². The van der Waals surface area contributed by atoms with Gasteiger partial charge in [0.1, 0.15) is 0 Å². The minimum absolute atomic E-state index is 0.0279. The number of nitrogens with zero attached hydrogens (tertiary/aromatic N) is 1. The molecule has 0 bridgehead atoms. The average Bonchev–Trinajstić information content (AvgIpc) is 2.76. The Labute approximate surface area is 97.6 Å². The summed E-state index contributed by atoms with van der Waals surface area (Å²) < 4.78 is 4.96. The van der Waals surface area contributed by atoms with Gasteiger partial charge in [-0.05, 0) is 18.8 Å². The van der Waals surface area contributed by atoms with Crippen LogP contribution in [0.5, 0.6) is 0 Å². The Bertz CT molecular complexity index is 202. The lowest BCUT2D eigenvalue weighted by Gasteiger charge is -2.22. The third kappa shape index (κ3) is 4.49. The lowest BCUT2D eigenvalue weighted by molar-refractivity contribution is -0.133. The van der Waals surface area contributed by atoms with Gasteiger partial charge in [-0.1, -0.05) is 12.8 Å². The maximum absolute atomic E-state index is 12.0. The topological polar surface area (TPSA) is 49.8 Å². The summed E-state index contributed by atoms with van der Waals surface area (Å²) in [4.78, 5) is 13.7. The van der Waals surface area contributed by atoms with Gasteiger partial charge in [0.2, 0.25) is 5.91 Å². The highest BCUT2D eigenvalue weighted by atomic mass is 16.5. The van der Waals surface area contributed by atoms with Gasteiger partial charge in [0.05, 0.1) is 13.2 Å². The number of methoxy groups -OCH3 is 1. The van der Waals surface area contributed by atoms with Crippen LogP contribution < -0.4 is 0 Å². The summed E-state index contributed by atoms with van der Waals surface area (Å²) in [5.41, 5.74) is 0. The normalized spacial score (nSPS) is 16.6. The molecule has 0 spiro atoms. The van der Waals surface area contributed by atoms with Gasteiger partial charge in [0.15, 0.2) is 0 Å². The molecule has 1 amide bonds. The monoisotopic (exact) mass is 229 g/mol. The molecular weight excluding hydrogens is 206 g/mol. The molecular formula is C12H23NO3. The van der Waals surface area contributed by atoms with E-state index in [-0.39, 0.29) is 12.5 Å². The number of carbonyl (C=O) groups excluding carboxylic acids is 1. The first-order valence-corrected chi connectivity index (χ1v) is 6.15. The molecule has 0 aromatic heterocycles. The summed E-state index contributed by atoms with van der Waals surface area (Å²) in [5, 5.41) is 8.91. The highest BCUT2D eigenvalue weighted by Gasteiger charge is 2.21. The van der Waals surface area contributed by atoms with Crippen molar-refractivity contribution in [2.24, 2.45) is 5.92 Å². The smallest absolute Gasteiger partial charge is 0.223 e. The van der Waals surface area contributed by atoms with Crippen LogP contribution in [0.25, 0.3) is 0 Å². The Morgan fingerprint density at radius 2 is 2.06 bits per heavy atom. The predicted molar refractivity (Wildman–Crippen MR) is 62.1 cm³/mol. The third-order valence-corrected chi connectivity index (χ3v) is 3.23. The minimum atomic E-state index is 0.0279. The zero-order valence-electron chi connectivity index (χ0n) is 10.2. The van der Waals surface area contributed by atoms with Crippen LogP contribution in [-0.4, -0.2) is 49.3 Å². The van der Waals surface area contributed by atoms with Crippen LogP contribution in [0.15, 0.2) is 0 Å². The first-order chi connectivity index (χ1) is 7.77. The number of hydrogen-bond donors (Lipinski definition) is 1. The van der Waals surface area contributed by atoms with E-state index in [4.69, 9.17) is 9.84 Å². The molecule has 94 valence electrons. The largest absolute Gasteiger partial charge is 0.395 e. The first kappa shape index (κ1) is 13.5. The number of aliphatic hydroxyl groups is 1. The summed E-state index contributed by atoms with van der Waals surface area (Å²) in [7, 11) is 1.62. The van der Waals surface area contributed by atoms with Crippen molar-refractivity contribution in [1.82, 2.24) is 4.90 Å². The second-order valence-corrected chi connectivity index (χ2v) is 4.45. The van der Waals surface area contributed by atoms with Crippen LogP contribution in [0.3, 0.4) is 0 Å². The minimum Gasteiger partial charge on any atom is -0.395 e. The zero-order valence-corrected chi connectivity index (χ0v) is 10.2. The first-order valence-electron chi connectivity index (χ1n) is 6.15. The van der Waals surface area contributed by atoms with Gasteiger partial charge in [-0.3, -0.25) is 4.79 Å². The zero-order chi connectivity index (χ0) is 11.8. The van der Waals surface area contributed by atoms with Gasteiger partial charge < -0.3 is 14.7 Å². The maximum atomic E-state index is 12.0. The number of carbonyl (C=O) groups is 1. The van der Waals surface area contributed by atoms with Gasteiger partial charge in [-0.15, -0.1) is 0 Å². The molecule has 0 aromatic carbocycles. The van der Waals surface area contributed by atoms with E-state index < -0.39 is 0 Å². The van der Waals surface area contributed by atoms with Crippen molar-refractivity contribution in [2.75, 3.05) is 33.4 Å². The maximum Gasteiger partial charge on any atom is 0.223 e. The molecule has 0 heterocycles. The van der Waals surface area contributed by atoms with Crippen LogP contribution in [0, 0.1) is 5.92 Å². The fourth-order valence-electron chi connectivity index (χ4n) is 2.27. The second kappa shape index (κ2) is 7.63. The molecule has 0 aliphatic heterocycles. The Hall–Kier alpha value is -0.610. The number of rotatable bonds is 7. The van der Waals surface area contributed by atoms with E-state index in [9.17, 15) is 4.79 Å². The molecule has 0 aromatic rings. The summed E-state index contributed by atoms with van der Waals surface area (Å²) in [6, 6.07) is 0. The van der Waals surface area contributed by atoms with E-state index in [0.717, 1.165) is 0 Å². The number of hydrogen-bond acceptors (Lipinski definition) is 3. The molecule has 0 atom stereocenters. The van der Waals surface area contributed by atoms with Crippen molar-refractivity contribution in [3.63, 3.8) is 0 Å². The molecule has 1 rings (SSSR count). The SMILES string of the molecule is COCCN(CCO)C(=O)CC1CCCC1. The van der Waals surface area contributed by atoms with Gasteiger partial charge in [-0.2, -0.15) is 0 Å². The number of ether oxygens (including phenoxy) is 1. The summed E-state index contributed by atoms with van der Waals surface area (Å²) in [6.45, 7) is 1.58. The van der Waals surface area contributed by atoms with Crippen LogP contribution in [0.1, 0.15) is 32.1 Å². The van der Waals surface area contributed by atoms with Crippen LogP contribution in [-0.2, 0) is 9.53 Å². The van der Waals surface area contributed by atoms with Gasteiger partial charge in [-0.25, -0.2) is 0 Å². The average molecular weight is 229 g/mol.